The summed E-state index contributed by atoms with van der Waals surface area (Å²) in [7, 11) is 0. The lowest BCUT2D eigenvalue weighted by Gasteiger charge is -2.11. The van der Waals surface area contributed by atoms with Crippen molar-refractivity contribution in [1.82, 2.24) is 9.88 Å². The van der Waals surface area contributed by atoms with Gasteiger partial charge in [-0.25, -0.2) is 9.98 Å². The number of hydrogen-bond donors (Lipinski definition) is 0. The normalized spacial score (nSPS) is 18.0. The summed E-state index contributed by atoms with van der Waals surface area (Å²) >= 11 is 7.27. The van der Waals surface area contributed by atoms with E-state index in [0.29, 0.717) is 27.5 Å². The first-order chi connectivity index (χ1) is 11.6. The SMILES string of the molecule is CCN1C(=O)/C(=C/c2ccc(Cl)cc2)S/C1=N/c1cccc(C)n1. The van der Waals surface area contributed by atoms with E-state index in [9.17, 15) is 4.79 Å². The Morgan fingerprint density at radius 1 is 1.25 bits per heavy atom. The molecule has 1 amide bonds. The fourth-order valence-corrected chi connectivity index (χ4v) is 3.45. The number of carbonyl (C=O) groups is 1. The lowest BCUT2D eigenvalue weighted by Crippen LogP contribution is -2.28. The van der Waals surface area contributed by atoms with E-state index in [1.165, 1.54) is 11.8 Å². The van der Waals surface area contributed by atoms with Crippen molar-refractivity contribution in [2.75, 3.05) is 6.54 Å². The first-order valence-corrected chi connectivity index (χ1v) is 8.75. The highest BCUT2D eigenvalue weighted by atomic mass is 35.5. The van der Waals surface area contributed by atoms with Crippen molar-refractivity contribution in [2.24, 2.45) is 4.99 Å². The van der Waals surface area contributed by atoms with Gasteiger partial charge in [0, 0.05) is 17.3 Å². The fraction of sp³-hybridized carbons (Fsp3) is 0.167. The number of amides is 1. The number of thioether (sulfide) groups is 1. The summed E-state index contributed by atoms with van der Waals surface area (Å²) in [4.78, 5) is 23.8. The number of hydrogen-bond acceptors (Lipinski definition) is 4. The molecule has 4 nitrogen and oxygen atoms in total. The minimum absolute atomic E-state index is 0.0381. The monoisotopic (exact) mass is 357 g/mol. The second-order valence-electron chi connectivity index (χ2n) is 5.24. The van der Waals surface area contributed by atoms with E-state index in [0.717, 1.165) is 11.3 Å². The van der Waals surface area contributed by atoms with Gasteiger partial charge < -0.3 is 0 Å². The Morgan fingerprint density at radius 3 is 2.67 bits per heavy atom. The van der Waals surface area contributed by atoms with Crippen LogP contribution in [0.2, 0.25) is 5.02 Å². The van der Waals surface area contributed by atoms with Crippen molar-refractivity contribution in [3.05, 3.63) is 63.6 Å². The quantitative estimate of drug-likeness (QED) is 0.750. The standard InChI is InChI=1S/C18H16ClN3OS/c1-3-22-17(23)15(11-13-7-9-14(19)10-8-13)24-18(22)21-16-6-4-5-12(2)20-16/h4-11H,3H2,1-2H3/b15-11-,21-18+. The summed E-state index contributed by atoms with van der Waals surface area (Å²) in [6.07, 6.45) is 1.86. The molecule has 0 bridgehead atoms. The summed E-state index contributed by atoms with van der Waals surface area (Å²) in [5.74, 6) is 0.570. The fourth-order valence-electron chi connectivity index (χ4n) is 2.27. The first-order valence-electron chi connectivity index (χ1n) is 7.56. The minimum Gasteiger partial charge on any atom is -0.287 e. The van der Waals surface area contributed by atoms with E-state index in [1.807, 2.05) is 50.3 Å². The Kier molecular flexibility index (Phi) is 5.02. The van der Waals surface area contributed by atoms with Gasteiger partial charge in [-0.05, 0) is 61.5 Å². The predicted octanol–water partition coefficient (Wildman–Crippen LogP) is 4.67. The van der Waals surface area contributed by atoms with Crippen molar-refractivity contribution < 1.29 is 4.79 Å². The average Bonchev–Trinajstić information content (AvgIpc) is 2.84. The van der Waals surface area contributed by atoms with E-state index in [2.05, 4.69) is 9.98 Å². The number of nitrogens with zero attached hydrogens (tertiary/aromatic N) is 3. The van der Waals surface area contributed by atoms with Crippen molar-refractivity contribution >= 4 is 46.3 Å². The third-order valence-corrected chi connectivity index (χ3v) is 4.71. The van der Waals surface area contributed by atoms with Crippen LogP contribution in [0.25, 0.3) is 6.08 Å². The Balaban J connectivity index is 1.92. The van der Waals surface area contributed by atoms with Gasteiger partial charge in [-0.15, -0.1) is 0 Å². The summed E-state index contributed by atoms with van der Waals surface area (Å²) in [6, 6.07) is 13.0. The van der Waals surface area contributed by atoms with Gasteiger partial charge in [0.1, 0.15) is 0 Å². The van der Waals surface area contributed by atoms with Crippen LogP contribution in [0.1, 0.15) is 18.2 Å². The molecule has 1 aromatic heterocycles. The molecule has 0 unspecified atom stereocenters. The van der Waals surface area contributed by atoms with Crippen LogP contribution in [0.3, 0.4) is 0 Å². The van der Waals surface area contributed by atoms with Crippen LogP contribution in [-0.2, 0) is 4.79 Å². The van der Waals surface area contributed by atoms with E-state index in [1.54, 1.807) is 17.0 Å². The van der Waals surface area contributed by atoms with Crippen molar-refractivity contribution in [3.8, 4) is 0 Å². The van der Waals surface area contributed by atoms with E-state index >= 15 is 0 Å². The van der Waals surface area contributed by atoms with Gasteiger partial charge in [0.15, 0.2) is 11.0 Å². The van der Waals surface area contributed by atoms with Crippen molar-refractivity contribution in [3.63, 3.8) is 0 Å². The maximum Gasteiger partial charge on any atom is 0.266 e. The lowest BCUT2D eigenvalue weighted by atomic mass is 10.2. The molecule has 122 valence electrons. The number of rotatable bonds is 3. The maximum atomic E-state index is 12.6. The van der Waals surface area contributed by atoms with Gasteiger partial charge in [-0.2, -0.15) is 0 Å². The molecular formula is C18H16ClN3OS. The summed E-state index contributed by atoms with van der Waals surface area (Å²) < 4.78 is 0. The molecule has 2 heterocycles. The van der Waals surface area contributed by atoms with Crippen LogP contribution >= 0.6 is 23.4 Å². The summed E-state index contributed by atoms with van der Waals surface area (Å²) in [5, 5.41) is 1.33. The molecule has 0 aliphatic carbocycles. The smallest absolute Gasteiger partial charge is 0.266 e. The van der Waals surface area contributed by atoms with Crippen LogP contribution in [0, 0.1) is 6.92 Å². The average molecular weight is 358 g/mol. The van der Waals surface area contributed by atoms with Gasteiger partial charge in [0.25, 0.3) is 5.91 Å². The highest BCUT2D eigenvalue weighted by Crippen LogP contribution is 2.33. The molecule has 0 saturated carbocycles. The van der Waals surface area contributed by atoms with Crippen molar-refractivity contribution in [2.45, 2.75) is 13.8 Å². The van der Waals surface area contributed by atoms with Crippen LogP contribution in [0.4, 0.5) is 5.82 Å². The largest absolute Gasteiger partial charge is 0.287 e. The number of aliphatic imine (C=N–C) groups is 1. The van der Waals surface area contributed by atoms with Gasteiger partial charge in [0.2, 0.25) is 0 Å². The Hall–Kier alpha value is -2.11. The molecule has 0 N–H and O–H groups in total. The number of aryl methyl sites for hydroxylation is 1. The second-order valence-corrected chi connectivity index (χ2v) is 6.69. The molecular weight excluding hydrogens is 342 g/mol. The molecule has 0 radical (unpaired) electrons. The van der Waals surface area contributed by atoms with Crippen LogP contribution < -0.4 is 0 Å². The van der Waals surface area contributed by atoms with E-state index in [-0.39, 0.29) is 5.91 Å². The number of aromatic nitrogens is 1. The molecule has 1 fully saturated rings. The summed E-state index contributed by atoms with van der Waals surface area (Å²) in [5.41, 5.74) is 1.83. The number of amidine groups is 1. The second kappa shape index (κ2) is 7.20. The molecule has 3 rings (SSSR count). The van der Waals surface area contributed by atoms with Gasteiger partial charge >= 0.3 is 0 Å². The highest BCUT2D eigenvalue weighted by molar-refractivity contribution is 8.18. The Labute approximate surface area is 150 Å². The maximum absolute atomic E-state index is 12.6. The van der Waals surface area contributed by atoms with Crippen molar-refractivity contribution in [1.29, 1.82) is 0 Å². The third kappa shape index (κ3) is 3.68. The van der Waals surface area contributed by atoms with Crippen LogP contribution in [0.15, 0.2) is 52.4 Å². The molecule has 2 aromatic rings. The van der Waals surface area contributed by atoms with Gasteiger partial charge in [0.05, 0.1) is 4.91 Å². The predicted molar refractivity (Wildman–Crippen MR) is 100 cm³/mol. The zero-order valence-corrected chi connectivity index (χ0v) is 14.9. The molecule has 24 heavy (non-hydrogen) atoms. The molecule has 0 spiro atoms. The number of benzene rings is 1. The van der Waals surface area contributed by atoms with Crippen LogP contribution in [0.5, 0.6) is 0 Å². The number of likely N-dealkylation sites (N-methyl/N-ethyl adjacent to an activating group) is 1. The lowest BCUT2D eigenvalue weighted by molar-refractivity contribution is -0.122. The highest BCUT2D eigenvalue weighted by Gasteiger charge is 2.32. The summed E-state index contributed by atoms with van der Waals surface area (Å²) in [6.45, 7) is 4.41. The third-order valence-electron chi connectivity index (χ3n) is 3.46. The molecule has 0 atom stereocenters. The molecule has 1 aliphatic heterocycles. The van der Waals surface area contributed by atoms with E-state index in [4.69, 9.17) is 11.6 Å². The zero-order chi connectivity index (χ0) is 17.1. The van der Waals surface area contributed by atoms with Crippen LogP contribution in [-0.4, -0.2) is 27.5 Å². The minimum atomic E-state index is -0.0381. The zero-order valence-electron chi connectivity index (χ0n) is 13.4. The molecule has 6 heteroatoms. The molecule has 1 saturated heterocycles. The van der Waals surface area contributed by atoms with Gasteiger partial charge in [-0.1, -0.05) is 29.8 Å². The first kappa shape index (κ1) is 16.7. The topological polar surface area (TPSA) is 45.6 Å². The Morgan fingerprint density at radius 2 is 2.00 bits per heavy atom. The molecule has 1 aliphatic rings. The van der Waals surface area contributed by atoms with Gasteiger partial charge in [-0.3, -0.25) is 9.69 Å². The number of pyridine rings is 1. The molecule has 1 aromatic carbocycles. The Bertz CT molecular complexity index is 830. The number of halogens is 1. The number of carbonyl (C=O) groups excluding carboxylic acids is 1. The van der Waals surface area contributed by atoms with E-state index < -0.39 is 0 Å².